The van der Waals surface area contributed by atoms with Crippen LogP contribution in [0, 0.1) is 17.0 Å². The summed E-state index contributed by atoms with van der Waals surface area (Å²) in [6.45, 7) is 6.00. The first kappa shape index (κ1) is 14.8. The summed E-state index contributed by atoms with van der Waals surface area (Å²) >= 11 is 0. The van der Waals surface area contributed by atoms with Gasteiger partial charge in [0.25, 0.3) is 0 Å². The average molecular weight is 255 g/mol. The lowest BCUT2D eigenvalue weighted by atomic mass is 9.86. The minimum atomic E-state index is -0.831. The number of hydrogen-bond donors (Lipinski definition) is 1. The highest BCUT2D eigenvalue weighted by molar-refractivity contribution is 5.96. The second kappa shape index (κ2) is 5.57. The van der Waals surface area contributed by atoms with Crippen molar-refractivity contribution in [1.29, 1.82) is 0 Å². The van der Waals surface area contributed by atoms with Gasteiger partial charge in [0.1, 0.15) is 11.6 Å². The highest BCUT2D eigenvalue weighted by atomic mass is 19.1. The molecule has 100 valence electrons. The first-order valence-corrected chi connectivity index (χ1v) is 5.93. The molecule has 0 heterocycles. The average Bonchev–Trinajstić information content (AvgIpc) is 2.13. The molecule has 0 bridgehead atoms. The van der Waals surface area contributed by atoms with Crippen molar-refractivity contribution in [2.24, 2.45) is 11.1 Å². The zero-order chi connectivity index (χ0) is 13.9. The predicted molar refractivity (Wildman–Crippen MR) is 67.4 cm³/mol. The number of carbonyl (C=O) groups is 1. The molecule has 1 rings (SSSR count). The van der Waals surface area contributed by atoms with Gasteiger partial charge < -0.3 is 5.73 Å². The highest BCUT2D eigenvalue weighted by Gasteiger charge is 2.22. The molecule has 1 atom stereocenters. The lowest BCUT2D eigenvalue weighted by Crippen LogP contribution is -2.29. The summed E-state index contributed by atoms with van der Waals surface area (Å²) in [5.41, 5.74) is 5.33. The number of ketones is 1. The summed E-state index contributed by atoms with van der Waals surface area (Å²) in [5.74, 6) is -2.24. The Labute approximate surface area is 106 Å². The molecule has 0 saturated heterocycles. The fourth-order valence-corrected chi connectivity index (χ4v) is 1.96. The molecule has 2 nitrogen and oxygen atoms in total. The molecule has 0 amide bonds. The molecule has 0 spiro atoms. The van der Waals surface area contributed by atoms with Crippen LogP contribution in [0.3, 0.4) is 0 Å². The van der Waals surface area contributed by atoms with E-state index in [4.69, 9.17) is 5.73 Å². The van der Waals surface area contributed by atoms with Crippen LogP contribution in [0.4, 0.5) is 8.78 Å². The lowest BCUT2D eigenvalue weighted by Gasteiger charge is -2.22. The Balaban J connectivity index is 2.77. The Bertz CT molecular complexity index is 418. The van der Waals surface area contributed by atoms with Gasteiger partial charge in [0.2, 0.25) is 0 Å². The second-order valence-electron chi connectivity index (χ2n) is 5.75. The number of carbonyl (C=O) groups excluding carboxylic acids is 1. The minimum absolute atomic E-state index is 0.0204. The molecule has 0 saturated carbocycles. The van der Waals surface area contributed by atoms with Gasteiger partial charge in [-0.15, -0.1) is 0 Å². The van der Waals surface area contributed by atoms with E-state index in [1.165, 1.54) is 6.07 Å². The zero-order valence-electron chi connectivity index (χ0n) is 11.0. The minimum Gasteiger partial charge on any atom is -0.327 e. The molecule has 0 aromatic heterocycles. The van der Waals surface area contributed by atoms with Gasteiger partial charge in [0, 0.05) is 12.5 Å². The molecule has 1 aromatic rings. The maximum atomic E-state index is 13.4. The topological polar surface area (TPSA) is 43.1 Å². The van der Waals surface area contributed by atoms with E-state index in [0.717, 1.165) is 12.1 Å². The van der Waals surface area contributed by atoms with Crippen LogP contribution in [-0.4, -0.2) is 11.8 Å². The monoisotopic (exact) mass is 255 g/mol. The number of nitrogens with two attached hydrogens (primary N) is 1. The van der Waals surface area contributed by atoms with E-state index in [9.17, 15) is 13.6 Å². The summed E-state index contributed by atoms with van der Waals surface area (Å²) < 4.78 is 26.8. The van der Waals surface area contributed by atoms with Crippen molar-refractivity contribution in [2.75, 3.05) is 0 Å². The molecule has 18 heavy (non-hydrogen) atoms. The third-order valence-corrected chi connectivity index (χ3v) is 2.56. The normalized spacial score (nSPS) is 13.4. The second-order valence-corrected chi connectivity index (χ2v) is 5.75. The molecule has 4 heteroatoms. The molecule has 0 aliphatic rings. The zero-order valence-corrected chi connectivity index (χ0v) is 11.0. The van der Waals surface area contributed by atoms with Gasteiger partial charge in [-0.05, 0) is 24.0 Å². The third-order valence-electron chi connectivity index (χ3n) is 2.56. The van der Waals surface area contributed by atoms with Crippen LogP contribution in [0.1, 0.15) is 44.0 Å². The van der Waals surface area contributed by atoms with Gasteiger partial charge in [-0.2, -0.15) is 0 Å². The fraction of sp³-hybridized carbons (Fsp3) is 0.500. The lowest BCUT2D eigenvalue weighted by molar-refractivity contribution is 0.0960. The maximum Gasteiger partial charge on any atom is 0.170 e. The molecule has 0 aliphatic carbocycles. The quantitative estimate of drug-likeness (QED) is 0.839. The molecular weight excluding hydrogens is 236 g/mol. The Morgan fingerprint density at radius 3 is 2.22 bits per heavy atom. The van der Waals surface area contributed by atoms with Crippen LogP contribution in [0.25, 0.3) is 0 Å². The molecule has 1 unspecified atom stereocenters. The van der Waals surface area contributed by atoms with E-state index in [1.54, 1.807) is 0 Å². The van der Waals surface area contributed by atoms with Crippen molar-refractivity contribution in [3.05, 3.63) is 35.4 Å². The van der Waals surface area contributed by atoms with Gasteiger partial charge in [0.05, 0.1) is 5.56 Å². The number of halogens is 2. The van der Waals surface area contributed by atoms with Crippen LogP contribution < -0.4 is 5.73 Å². The van der Waals surface area contributed by atoms with Gasteiger partial charge in [-0.1, -0.05) is 26.8 Å². The molecule has 2 N–H and O–H groups in total. The standard InChI is InChI=1S/C14H19F2NO/c1-14(2,3)8-9(17)7-12(18)13-10(15)5-4-6-11(13)16/h4-6,9H,7-8,17H2,1-3H3. The number of hydrogen-bond acceptors (Lipinski definition) is 2. The molecule has 1 aromatic carbocycles. The Hall–Kier alpha value is -1.29. The van der Waals surface area contributed by atoms with Crippen molar-refractivity contribution in [3.8, 4) is 0 Å². The van der Waals surface area contributed by atoms with E-state index in [2.05, 4.69) is 0 Å². The van der Waals surface area contributed by atoms with Crippen molar-refractivity contribution >= 4 is 5.78 Å². The van der Waals surface area contributed by atoms with Gasteiger partial charge in [-0.3, -0.25) is 4.79 Å². The maximum absolute atomic E-state index is 13.4. The third kappa shape index (κ3) is 4.18. The van der Waals surface area contributed by atoms with E-state index in [0.29, 0.717) is 6.42 Å². The number of rotatable bonds is 4. The first-order chi connectivity index (χ1) is 8.20. The SMILES string of the molecule is CC(C)(C)CC(N)CC(=O)c1c(F)cccc1F. The number of Topliss-reactive ketones (excluding diaryl/α,β-unsaturated/α-hetero) is 1. The van der Waals surface area contributed by atoms with Gasteiger partial charge >= 0.3 is 0 Å². The van der Waals surface area contributed by atoms with Crippen molar-refractivity contribution in [3.63, 3.8) is 0 Å². The Kier molecular flexibility index (Phi) is 4.57. The summed E-state index contributed by atoms with van der Waals surface area (Å²) in [5, 5.41) is 0. The molecule has 0 aliphatic heterocycles. The van der Waals surface area contributed by atoms with Gasteiger partial charge in [0.15, 0.2) is 5.78 Å². The summed E-state index contributed by atoms with van der Waals surface area (Å²) in [6.07, 6.45) is 0.573. The van der Waals surface area contributed by atoms with Crippen molar-refractivity contribution in [1.82, 2.24) is 0 Å². The molecular formula is C14H19F2NO. The number of benzene rings is 1. The Morgan fingerprint density at radius 2 is 1.78 bits per heavy atom. The van der Waals surface area contributed by atoms with E-state index >= 15 is 0 Å². The van der Waals surface area contributed by atoms with E-state index < -0.39 is 29.0 Å². The van der Waals surface area contributed by atoms with Crippen LogP contribution in [0.2, 0.25) is 0 Å². The predicted octanol–water partition coefficient (Wildman–Crippen LogP) is 3.30. The van der Waals surface area contributed by atoms with E-state index in [-0.39, 0.29) is 11.8 Å². The van der Waals surface area contributed by atoms with Crippen LogP contribution in [-0.2, 0) is 0 Å². The summed E-state index contributed by atoms with van der Waals surface area (Å²) in [4.78, 5) is 11.8. The van der Waals surface area contributed by atoms with Crippen LogP contribution in [0.15, 0.2) is 18.2 Å². The van der Waals surface area contributed by atoms with Crippen molar-refractivity contribution < 1.29 is 13.6 Å². The van der Waals surface area contributed by atoms with E-state index in [1.807, 2.05) is 20.8 Å². The first-order valence-electron chi connectivity index (χ1n) is 5.93. The summed E-state index contributed by atoms with van der Waals surface area (Å²) in [7, 11) is 0. The fourth-order valence-electron chi connectivity index (χ4n) is 1.96. The van der Waals surface area contributed by atoms with Crippen molar-refractivity contribution in [2.45, 2.75) is 39.7 Å². The Morgan fingerprint density at radius 1 is 1.28 bits per heavy atom. The smallest absolute Gasteiger partial charge is 0.170 e. The van der Waals surface area contributed by atoms with Gasteiger partial charge in [-0.25, -0.2) is 8.78 Å². The summed E-state index contributed by atoms with van der Waals surface area (Å²) in [6, 6.07) is 2.99. The molecule has 0 fully saturated rings. The van der Waals surface area contributed by atoms with Crippen LogP contribution >= 0.6 is 0 Å². The van der Waals surface area contributed by atoms with Crippen LogP contribution in [0.5, 0.6) is 0 Å². The highest BCUT2D eigenvalue weighted by Crippen LogP contribution is 2.22. The molecule has 0 radical (unpaired) electrons. The largest absolute Gasteiger partial charge is 0.327 e.